The van der Waals surface area contributed by atoms with Crippen molar-refractivity contribution in [2.75, 3.05) is 12.9 Å². The van der Waals surface area contributed by atoms with E-state index in [0.717, 1.165) is 25.0 Å². The topological polar surface area (TPSA) is 118 Å². The molecule has 8 nitrogen and oxygen atoms in total. The molecule has 1 heterocycles. The molecule has 2 aliphatic rings. The maximum absolute atomic E-state index is 10.7. The quantitative estimate of drug-likeness (QED) is 0.304. The Morgan fingerprint density at radius 1 is 1.50 bits per heavy atom. The van der Waals surface area contributed by atoms with Gasteiger partial charge in [0.2, 0.25) is 5.88 Å². The van der Waals surface area contributed by atoms with Gasteiger partial charge < -0.3 is 15.8 Å². The van der Waals surface area contributed by atoms with Gasteiger partial charge in [-0.25, -0.2) is 5.01 Å². The van der Waals surface area contributed by atoms with Gasteiger partial charge in [0.25, 0.3) is 0 Å². The first-order valence-corrected chi connectivity index (χ1v) is 8.68. The second-order valence-electron chi connectivity index (χ2n) is 5.63. The third-order valence-corrected chi connectivity index (χ3v) is 5.30. The fraction of sp³-hybridized carbons (Fsp3) is 0.846. The van der Waals surface area contributed by atoms with E-state index in [4.69, 9.17) is 16.3 Å². The van der Waals surface area contributed by atoms with Gasteiger partial charge in [0.05, 0.1) is 13.2 Å². The van der Waals surface area contributed by atoms with E-state index in [1.807, 2.05) is 0 Å². The lowest BCUT2D eigenvalue weighted by Crippen LogP contribution is -2.63. The standard InChI is InChI=1S/C13H26N6O2S/c1-3-6-22-13-16-11(10(14)12(17-13)21-2)19(15)9-5-4-8(7-9)18-20/h8-9,11,13,16-17H,3-7,14-15H2,1-2H3/t8-,9+,11?,13?/m1/s1. The summed E-state index contributed by atoms with van der Waals surface area (Å²) in [6.07, 6.45) is 3.07. The van der Waals surface area contributed by atoms with Crippen LogP contribution in [0.25, 0.3) is 0 Å². The Labute approximate surface area is 135 Å². The van der Waals surface area contributed by atoms with E-state index in [2.05, 4.69) is 22.7 Å². The first-order valence-electron chi connectivity index (χ1n) is 7.64. The molecule has 1 fully saturated rings. The molecule has 2 rings (SSSR count). The number of rotatable bonds is 7. The highest BCUT2D eigenvalue weighted by Gasteiger charge is 2.37. The summed E-state index contributed by atoms with van der Waals surface area (Å²) in [7, 11) is 1.59. The molecular weight excluding hydrogens is 304 g/mol. The number of methoxy groups -OCH3 is 1. The van der Waals surface area contributed by atoms with Crippen LogP contribution in [0.1, 0.15) is 32.6 Å². The fourth-order valence-corrected chi connectivity index (χ4v) is 3.75. The van der Waals surface area contributed by atoms with Crippen molar-refractivity contribution in [3.05, 3.63) is 16.5 Å². The van der Waals surface area contributed by atoms with Gasteiger partial charge >= 0.3 is 0 Å². The van der Waals surface area contributed by atoms with Crippen LogP contribution in [0.15, 0.2) is 16.8 Å². The van der Waals surface area contributed by atoms with Gasteiger partial charge in [0, 0.05) is 6.04 Å². The summed E-state index contributed by atoms with van der Waals surface area (Å²) in [6.45, 7) is 2.13. The summed E-state index contributed by atoms with van der Waals surface area (Å²) < 4.78 is 5.34. The van der Waals surface area contributed by atoms with E-state index in [-0.39, 0.29) is 23.7 Å². The van der Waals surface area contributed by atoms with Crippen molar-refractivity contribution < 1.29 is 4.74 Å². The van der Waals surface area contributed by atoms with Crippen molar-refractivity contribution in [1.82, 2.24) is 15.6 Å². The predicted octanol–water partition coefficient (Wildman–Crippen LogP) is 0.570. The predicted molar refractivity (Wildman–Crippen MR) is 88.1 cm³/mol. The van der Waals surface area contributed by atoms with Crippen molar-refractivity contribution in [3.8, 4) is 0 Å². The Bertz CT molecular complexity index is 421. The number of nitroso groups, excluding NO2 is 1. The van der Waals surface area contributed by atoms with Crippen LogP contribution >= 0.6 is 11.8 Å². The molecule has 0 radical (unpaired) electrons. The molecule has 6 N–H and O–H groups in total. The molecule has 1 saturated carbocycles. The lowest BCUT2D eigenvalue weighted by Gasteiger charge is -2.40. The van der Waals surface area contributed by atoms with Crippen LogP contribution in [-0.4, -0.2) is 41.6 Å². The maximum atomic E-state index is 10.7. The molecule has 0 aromatic heterocycles. The van der Waals surface area contributed by atoms with Crippen molar-refractivity contribution in [2.24, 2.45) is 16.8 Å². The molecule has 0 amide bonds. The van der Waals surface area contributed by atoms with Gasteiger partial charge in [0.1, 0.15) is 17.4 Å². The number of nitrogens with two attached hydrogens (primary N) is 2. The van der Waals surface area contributed by atoms with Gasteiger partial charge in [-0.3, -0.25) is 11.2 Å². The van der Waals surface area contributed by atoms with E-state index in [0.29, 0.717) is 18.0 Å². The number of hydrazine groups is 1. The molecule has 0 bridgehead atoms. The largest absolute Gasteiger partial charge is 0.481 e. The molecule has 0 aromatic rings. The van der Waals surface area contributed by atoms with E-state index in [9.17, 15) is 4.91 Å². The Morgan fingerprint density at radius 3 is 2.86 bits per heavy atom. The van der Waals surface area contributed by atoms with Crippen LogP contribution in [-0.2, 0) is 4.74 Å². The summed E-state index contributed by atoms with van der Waals surface area (Å²) in [5.74, 6) is 7.85. The lowest BCUT2D eigenvalue weighted by molar-refractivity contribution is 0.105. The minimum Gasteiger partial charge on any atom is -0.481 e. The number of nitrogens with one attached hydrogen (secondary N) is 2. The summed E-state index contributed by atoms with van der Waals surface area (Å²) in [4.78, 5) is 10.7. The number of thioether (sulfide) groups is 1. The second kappa shape index (κ2) is 8.00. The fourth-order valence-electron chi connectivity index (χ4n) is 2.86. The van der Waals surface area contributed by atoms with Crippen LogP contribution in [0.2, 0.25) is 0 Å². The van der Waals surface area contributed by atoms with Crippen LogP contribution in [0, 0.1) is 4.91 Å². The highest BCUT2D eigenvalue weighted by atomic mass is 32.2. The average molecular weight is 330 g/mol. The second-order valence-corrected chi connectivity index (χ2v) is 6.84. The summed E-state index contributed by atoms with van der Waals surface area (Å²) in [6, 6.07) is -0.0538. The van der Waals surface area contributed by atoms with Gasteiger partial charge in [-0.15, -0.1) is 11.8 Å². The number of hydrogen-bond acceptors (Lipinski definition) is 9. The SMILES string of the molecule is CCCSC1NC(OC)=C(N)C(N(N)[C@H]2CC[C@@H](N=O)C2)N1. The van der Waals surface area contributed by atoms with Gasteiger partial charge in [-0.2, -0.15) is 4.91 Å². The van der Waals surface area contributed by atoms with Crippen LogP contribution in [0.5, 0.6) is 0 Å². The minimum atomic E-state index is -0.319. The number of hydrogen-bond donors (Lipinski definition) is 4. The Kier molecular flexibility index (Phi) is 6.30. The molecule has 0 saturated heterocycles. The van der Waals surface area contributed by atoms with Gasteiger partial charge in [0.15, 0.2) is 0 Å². The van der Waals surface area contributed by atoms with E-state index in [1.165, 1.54) is 0 Å². The van der Waals surface area contributed by atoms with Crippen LogP contribution in [0.3, 0.4) is 0 Å². The zero-order valence-corrected chi connectivity index (χ0v) is 13.9. The van der Waals surface area contributed by atoms with Crippen molar-refractivity contribution >= 4 is 11.8 Å². The summed E-state index contributed by atoms with van der Waals surface area (Å²) in [5, 5.41) is 11.5. The van der Waals surface area contributed by atoms with Gasteiger partial charge in [-0.1, -0.05) is 12.1 Å². The molecular formula is C13H26N6O2S. The maximum Gasteiger partial charge on any atom is 0.210 e. The highest BCUT2D eigenvalue weighted by Crippen LogP contribution is 2.28. The third kappa shape index (κ3) is 3.83. The zero-order chi connectivity index (χ0) is 16.1. The monoisotopic (exact) mass is 330 g/mol. The Morgan fingerprint density at radius 2 is 2.27 bits per heavy atom. The number of nitrogens with zero attached hydrogens (tertiary/aromatic N) is 2. The van der Waals surface area contributed by atoms with Crippen LogP contribution in [0.4, 0.5) is 0 Å². The summed E-state index contributed by atoms with van der Waals surface area (Å²) >= 11 is 1.74. The first kappa shape index (κ1) is 17.3. The van der Waals surface area contributed by atoms with Crippen molar-refractivity contribution in [3.63, 3.8) is 0 Å². The molecule has 4 atom stereocenters. The van der Waals surface area contributed by atoms with E-state index in [1.54, 1.807) is 23.9 Å². The molecule has 1 aliphatic heterocycles. The Balaban J connectivity index is 2.07. The van der Waals surface area contributed by atoms with Gasteiger partial charge in [-0.05, 0) is 31.4 Å². The third-order valence-electron chi connectivity index (χ3n) is 4.07. The van der Waals surface area contributed by atoms with E-state index < -0.39 is 0 Å². The van der Waals surface area contributed by atoms with Crippen LogP contribution < -0.4 is 22.2 Å². The summed E-state index contributed by atoms with van der Waals surface area (Å²) in [5.41, 5.74) is 6.69. The molecule has 22 heavy (non-hydrogen) atoms. The van der Waals surface area contributed by atoms with Crippen molar-refractivity contribution in [1.29, 1.82) is 0 Å². The normalized spacial score (nSPS) is 32.2. The molecule has 9 heteroatoms. The molecule has 126 valence electrons. The first-order chi connectivity index (χ1) is 10.6. The number of ether oxygens (including phenoxy) is 1. The molecule has 0 spiro atoms. The van der Waals surface area contributed by atoms with E-state index >= 15 is 0 Å². The lowest BCUT2D eigenvalue weighted by atomic mass is 10.2. The molecule has 2 unspecified atom stereocenters. The zero-order valence-electron chi connectivity index (χ0n) is 13.1. The highest BCUT2D eigenvalue weighted by molar-refractivity contribution is 7.99. The molecule has 1 aliphatic carbocycles. The Hall–Kier alpha value is -1.03. The van der Waals surface area contributed by atoms with Crippen molar-refractivity contribution in [2.45, 2.75) is 56.4 Å². The average Bonchev–Trinajstić information content (AvgIpc) is 3.02. The molecule has 0 aromatic carbocycles. The smallest absolute Gasteiger partial charge is 0.210 e. The minimum absolute atomic E-state index is 0.0142.